The molecule has 0 saturated heterocycles. The third-order valence-corrected chi connectivity index (χ3v) is 6.06. The Morgan fingerprint density at radius 3 is 2.44 bits per heavy atom. The molecule has 3 aromatic heterocycles. The maximum absolute atomic E-state index is 13.6. The van der Waals surface area contributed by atoms with Crippen LogP contribution in [-0.4, -0.2) is 47.6 Å². The number of rotatable bonds is 8. The van der Waals surface area contributed by atoms with E-state index >= 15 is 0 Å². The molecular formula is C23H16Cl2F5N7O2. The van der Waals surface area contributed by atoms with Gasteiger partial charge in [-0.15, -0.1) is 0 Å². The number of nitrogens with zero attached hydrogens (tertiary/aromatic N) is 6. The highest BCUT2D eigenvalue weighted by Gasteiger charge is 2.60. The first-order chi connectivity index (χ1) is 18.2. The van der Waals surface area contributed by atoms with Crippen molar-refractivity contribution in [3.05, 3.63) is 86.5 Å². The van der Waals surface area contributed by atoms with Gasteiger partial charge in [0.25, 0.3) is 0 Å². The van der Waals surface area contributed by atoms with Gasteiger partial charge in [-0.1, -0.05) is 23.2 Å². The van der Waals surface area contributed by atoms with Crippen LogP contribution >= 0.6 is 23.2 Å². The monoisotopic (exact) mass is 587 g/mol. The number of nitrogens with two attached hydrogens (primary N) is 1. The highest BCUT2D eigenvalue weighted by atomic mass is 35.5. The Labute approximate surface area is 226 Å². The van der Waals surface area contributed by atoms with E-state index in [-0.39, 0.29) is 39.2 Å². The average Bonchev–Trinajstić information content (AvgIpc) is 3.48. The first-order valence-electron chi connectivity index (χ1n) is 10.9. The van der Waals surface area contributed by atoms with Crippen LogP contribution in [0.15, 0.2) is 42.7 Å². The number of halogens is 7. The molecule has 3 heterocycles. The fraction of sp³-hybridized carbons (Fsp3) is 0.217. The summed E-state index contributed by atoms with van der Waals surface area (Å²) in [6.07, 6.45) is -4.51. The van der Waals surface area contributed by atoms with Gasteiger partial charge in [0.15, 0.2) is 17.3 Å². The third-order valence-electron chi connectivity index (χ3n) is 5.54. The molecule has 0 atom stereocenters. The van der Waals surface area contributed by atoms with Crippen molar-refractivity contribution in [1.82, 2.24) is 29.8 Å². The molecule has 0 aliphatic carbocycles. The van der Waals surface area contributed by atoms with Crippen LogP contribution in [0.4, 0.5) is 22.0 Å². The van der Waals surface area contributed by atoms with Crippen molar-refractivity contribution >= 4 is 34.9 Å². The first-order valence-corrected chi connectivity index (χ1v) is 11.6. The van der Waals surface area contributed by atoms with Gasteiger partial charge in [0.2, 0.25) is 5.91 Å². The molecule has 2 N–H and O–H groups in total. The number of Topliss-reactive ketones (excluding diaryl/α,β-unsaturated/α-hetero) is 1. The zero-order chi connectivity index (χ0) is 28.7. The largest absolute Gasteiger partial charge is 0.459 e. The van der Waals surface area contributed by atoms with Gasteiger partial charge in [-0.25, -0.2) is 9.67 Å². The molecule has 0 spiro atoms. The predicted octanol–water partition coefficient (Wildman–Crippen LogP) is 4.70. The average molecular weight is 588 g/mol. The Morgan fingerprint density at radius 1 is 1.08 bits per heavy atom. The zero-order valence-electron chi connectivity index (χ0n) is 19.7. The Bertz CT molecular complexity index is 1580. The number of alkyl halides is 5. The van der Waals surface area contributed by atoms with Gasteiger partial charge in [-0.3, -0.25) is 9.59 Å². The molecule has 4 rings (SSSR count). The number of ketones is 1. The van der Waals surface area contributed by atoms with E-state index in [1.54, 1.807) is 13.0 Å². The summed E-state index contributed by atoms with van der Waals surface area (Å²) in [6.45, 7) is 1.16. The number of carbonyl (C=O) groups excluding carboxylic acids is 2. The summed E-state index contributed by atoms with van der Waals surface area (Å²) in [6, 6.07) is 7.15. The molecule has 9 nitrogen and oxygen atoms in total. The quantitative estimate of drug-likeness (QED) is 0.235. The van der Waals surface area contributed by atoms with E-state index in [1.165, 1.54) is 30.5 Å². The van der Waals surface area contributed by atoms with E-state index < -0.39 is 36.0 Å². The number of aryl methyl sites for hydroxylation is 1. The number of benzene rings is 1. The van der Waals surface area contributed by atoms with Gasteiger partial charge in [-0.2, -0.15) is 42.0 Å². The van der Waals surface area contributed by atoms with E-state index in [0.29, 0.717) is 22.1 Å². The first kappa shape index (κ1) is 28.1. The van der Waals surface area contributed by atoms with Crippen LogP contribution in [0.25, 0.3) is 5.82 Å². The van der Waals surface area contributed by atoms with Crippen LogP contribution in [-0.2, 0) is 18.9 Å². The minimum atomic E-state index is -5.87. The topological polar surface area (TPSA) is 122 Å². The van der Waals surface area contributed by atoms with E-state index in [9.17, 15) is 31.5 Å². The van der Waals surface area contributed by atoms with Crippen molar-refractivity contribution in [3.8, 4) is 5.82 Å². The van der Waals surface area contributed by atoms with Gasteiger partial charge < -0.3 is 5.73 Å². The van der Waals surface area contributed by atoms with E-state index in [0.717, 1.165) is 4.68 Å². The summed E-state index contributed by atoms with van der Waals surface area (Å²) in [7, 11) is 0. The zero-order valence-corrected chi connectivity index (χ0v) is 21.2. The van der Waals surface area contributed by atoms with Gasteiger partial charge in [0, 0.05) is 23.2 Å². The summed E-state index contributed by atoms with van der Waals surface area (Å²) in [5.74, 6) is -6.56. The minimum absolute atomic E-state index is 0.0143. The highest BCUT2D eigenvalue weighted by Crippen LogP contribution is 2.42. The molecule has 0 unspecified atom stereocenters. The van der Waals surface area contributed by atoms with Crippen LogP contribution in [0, 0.1) is 6.92 Å². The van der Waals surface area contributed by atoms with E-state index in [4.69, 9.17) is 28.9 Å². The molecule has 0 saturated carbocycles. The molecular weight excluding hydrogens is 572 g/mol. The molecule has 1 aromatic carbocycles. The maximum atomic E-state index is 13.6. The Hall–Kier alpha value is -3.91. The van der Waals surface area contributed by atoms with E-state index in [2.05, 4.69) is 20.3 Å². The minimum Gasteiger partial charge on any atom is -0.366 e. The summed E-state index contributed by atoms with van der Waals surface area (Å²) >= 11 is 12.3. The molecule has 16 heteroatoms. The second-order valence-electron chi connectivity index (χ2n) is 8.29. The van der Waals surface area contributed by atoms with Crippen LogP contribution in [0.5, 0.6) is 0 Å². The second kappa shape index (κ2) is 10.3. The standard InChI is InChI=1S/C23H16Cl2F5N7O2/c1-11-5-12(24)6-15(20(31)39)14(11)8-18(38)17-7-13(34-37(17)21-16(25)3-2-4-32-21)10-36-33-9-19(35-36)22(26,27)23(28,29)30/h2-7,9H,8,10H2,1H3,(H2,31,39). The number of primary amides is 1. The van der Waals surface area contributed by atoms with Crippen molar-refractivity contribution in [1.29, 1.82) is 0 Å². The number of amides is 1. The van der Waals surface area contributed by atoms with Crippen molar-refractivity contribution in [3.63, 3.8) is 0 Å². The van der Waals surface area contributed by atoms with Crippen LogP contribution in [0.2, 0.25) is 10.0 Å². The molecule has 0 aliphatic heterocycles. The fourth-order valence-corrected chi connectivity index (χ4v) is 4.16. The lowest BCUT2D eigenvalue weighted by Crippen LogP contribution is -2.34. The molecule has 39 heavy (non-hydrogen) atoms. The normalized spacial score (nSPS) is 12.1. The number of carbonyl (C=O) groups is 2. The number of pyridine rings is 1. The lowest BCUT2D eigenvalue weighted by Gasteiger charge is -2.16. The van der Waals surface area contributed by atoms with Gasteiger partial charge in [-0.05, 0) is 48.4 Å². The van der Waals surface area contributed by atoms with Crippen molar-refractivity contribution < 1.29 is 31.5 Å². The lowest BCUT2D eigenvalue weighted by molar-refractivity contribution is -0.291. The lowest BCUT2D eigenvalue weighted by atomic mass is 9.95. The van der Waals surface area contributed by atoms with Crippen molar-refractivity contribution in [2.75, 3.05) is 0 Å². The third kappa shape index (κ3) is 5.61. The predicted molar refractivity (Wildman–Crippen MR) is 128 cm³/mol. The highest BCUT2D eigenvalue weighted by molar-refractivity contribution is 6.32. The number of hydrogen-bond acceptors (Lipinski definition) is 6. The van der Waals surface area contributed by atoms with Gasteiger partial charge >= 0.3 is 12.1 Å². The van der Waals surface area contributed by atoms with Gasteiger partial charge in [0.1, 0.15) is 12.2 Å². The van der Waals surface area contributed by atoms with Crippen molar-refractivity contribution in [2.24, 2.45) is 5.73 Å². The number of hydrogen-bond donors (Lipinski definition) is 1. The van der Waals surface area contributed by atoms with Crippen LogP contribution in [0.1, 0.15) is 43.4 Å². The molecule has 0 bridgehead atoms. The summed E-state index contributed by atoms with van der Waals surface area (Å²) in [5, 5.41) is 11.3. The summed E-state index contributed by atoms with van der Waals surface area (Å²) < 4.78 is 66.5. The SMILES string of the molecule is Cc1cc(Cl)cc(C(N)=O)c1CC(=O)c1cc(Cn2ncc(C(F)(F)C(F)(F)F)n2)nn1-c1ncccc1Cl. The smallest absolute Gasteiger partial charge is 0.366 e. The van der Waals surface area contributed by atoms with Crippen LogP contribution < -0.4 is 5.73 Å². The molecule has 204 valence electrons. The molecule has 1 amide bonds. The van der Waals surface area contributed by atoms with Gasteiger partial charge in [0.05, 0.1) is 16.9 Å². The second-order valence-corrected chi connectivity index (χ2v) is 9.13. The van der Waals surface area contributed by atoms with Crippen molar-refractivity contribution in [2.45, 2.75) is 32.0 Å². The van der Waals surface area contributed by atoms with Crippen LogP contribution in [0.3, 0.4) is 0 Å². The molecule has 4 aromatic rings. The Kier molecular flexibility index (Phi) is 7.45. The Morgan fingerprint density at radius 2 is 1.79 bits per heavy atom. The number of aromatic nitrogens is 6. The molecule has 0 radical (unpaired) electrons. The molecule has 0 aliphatic rings. The van der Waals surface area contributed by atoms with E-state index in [1.807, 2.05) is 0 Å². The summed E-state index contributed by atoms with van der Waals surface area (Å²) in [4.78, 5) is 30.1. The molecule has 0 fully saturated rings. The Balaban J connectivity index is 1.74. The fourth-order valence-electron chi connectivity index (χ4n) is 3.69. The maximum Gasteiger partial charge on any atom is 0.459 e. The summed E-state index contributed by atoms with van der Waals surface area (Å²) in [5.41, 5.74) is 4.66.